The van der Waals surface area contributed by atoms with E-state index in [9.17, 15) is 29.4 Å². The number of unbranched alkanes of at least 4 members (excludes halogenated alkanes) is 1. The molecular formula is C20H24N2O9. The number of carbonyl (C=O) groups excluding carboxylic acids is 2. The van der Waals surface area contributed by atoms with Gasteiger partial charge in [0.2, 0.25) is 11.8 Å². The second-order valence-corrected chi connectivity index (χ2v) is 6.05. The van der Waals surface area contributed by atoms with Crippen LogP contribution in [0.4, 0.5) is 0 Å². The van der Waals surface area contributed by atoms with E-state index in [1.54, 1.807) is 0 Å². The van der Waals surface area contributed by atoms with Gasteiger partial charge in [-0.25, -0.2) is 4.79 Å². The van der Waals surface area contributed by atoms with Crippen LogP contribution < -0.4 is 16.3 Å². The average Bonchev–Trinajstić information content (AvgIpc) is 2.73. The predicted octanol–water partition coefficient (Wildman–Crippen LogP) is 0.833. The minimum atomic E-state index is -1.22. The molecule has 0 radical (unpaired) electrons. The van der Waals surface area contributed by atoms with Crippen LogP contribution in [0.5, 0.6) is 11.5 Å². The van der Waals surface area contributed by atoms with Crippen molar-refractivity contribution in [2.24, 2.45) is 0 Å². The van der Waals surface area contributed by atoms with E-state index in [0.717, 1.165) is 18.2 Å². The van der Waals surface area contributed by atoms with E-state index in [2.05, 4.69) is 31.1 Å². The Morgan fingerprint density at radius 1 is 0.968 bits per heavy atom. The van der Waals surface area contributed by atoms with Gasteiger partial charge in [0, 0.05) is 17.5 Å². The van der Waals surface area contributed by atoms with Gasteiger partial charge in [0.1, 0.15) is 12.1 Å². The summed E-state index contributed by atoms with van der Waals surface area (Å²) in [5.74, 6) is -3.44. The number of phenols is 2. The van der Waals surface area contributed by atoms with Crippen molar-refractivity contribution in [3.63, 3.8) is 0 Å². The van der Waals surface area contributed by atoms with Crippen LogP contribution in [0.25, 0.3) is 11.0 Å². The molecule has 0 aliphatic carbocycles. The molecule has 5 N–H and O–H groups in total. The summed E-state index contributed by atoms with van der Waals surface area (Å²) in [6.07, 6.45) is 2.35. The van der Waals surface area contributed by atoms with Crippen LogP contribution in [0.1, 0.15) is 32.3 Å². The van der Waals surface area contributed by atoms with Crippen LogP contribution in [0.2, 0.25) is 0 Å². The zero-order valence-corrected chi connectivity index (χ0v) is 17.1. The number of carboxylic acid groups (broad SMARTS) is 1. The summed E-state index contributed by atoms with van der Waals surface area (Å²) in [5, 5.41) is 32.0. The van der Waals surface area contributed by atoms with E-state index in [1.165, 1.54) is 12.8 Å². The summed E-state index contributed by atoms with van der Waals surface area (Å²) in [5.41, 5.74) is -0.533. The summed E-state index contributed by atoms with van der Waals surface area (Å²) in [6, 6.07) is 3.26. The van der Waals surface area contributed by atoms with Gasteiger partial charge in [0.05, 0.1) is 13.0 Å². The van der Waals surface area contributed by atoms with Gasteiger partial charge in [-0.05, 0) is 11.6 Å². The first-order valence-corrected chi connectivity index (χ1v) is 9.12. The molecule has 0 saturated carbocycles. The molecule has 1 aromatic heterocycles. The number of hydrogen-bond donors (Lipinski definition) is 5. The number of aliphatic carboxylic acids is 1. The van der Waals surface area contributed by atoms with Crippen LogP contribution in [0.15, 0.2) is 27.4 Å². The molecular weight excluding hydrogens is 412 g/mol. The van der Waals surface area contributed by atoms with Gasteiger partial charge in [-0.1, -0.05) is 26.7 Å². The van der Waals surface area contributed by atoms with Crippen molar-refractivity contribution < 1.29 is 38.8 Å². The van der Waals surface area contributed by atoms with E-state index in [4.69, 9.17) is 14.2 Å². The van der Waals surface area contributed by atoms with Gasteiger partial charge in [-0.2, -0.15) is 0 Å². The maximum atomic E-state index is 11.9. The molecule has 11 nitrogen and oxygen atoms in total. The third-order valence-corrected chi connectivity index (χ3v) is 3.66. The number of aromatic hydroxyl groups is 2. The van der Waals surface area contributed by atoms with Crippen molar-refractivity contribution in [1.82, 2.24) is 10.6 Å². The van der Waals surface area contributed by atoms with E-state index < -0.39 is 48.0 Å². The summed E-state index contributed by atoms with van der Waals surface area (Å²) < 4.78 is 12.4. The summed E-state index contributed by atoms with van der Waals surface area (Å²) in [7, 11) is 0. The third-order valence-electron chi connectivity index (χ3n) is 3.66. The number of hydrogen-bond acceptors (Lipinski definition) is 7. The Bertz CT molecular complexity index is 978. The standard InChI is InChI=1S/C15H14N2O8.C4H10.CO/c18-9-3-8-7(2-15(24)25-11(8)4-10(9)19)1-12(20)16-5-13(21)17-6-14(22)23;1-3-4-2;1-2/h2-4,18-19H,1,5-6H2,(H,16,20)(H,17,21)(H,22,23);3-4H2,1-2H3;. The van der Waals surface area contributed by atoms with Crippen molar-refractivity contribution in [3.8, 4) is 11.5 Å². The number of carbonyl (C=O) groups is 3. The monoisotopic (exact) mass is 436 g/mol. The first-order chi connectivity index (χ1) is 14.7. The zero-order chi connectivity index (χ0) is 24.0. The van der Waals surface area contributed by atoms with Gasteiger partial charge in [-0.3, -0.25) is 14.4 Å². The van der Waals surface area contributed by atoms with Gasteiger partial charge in [-0.15, -0.1) is 0 Å². The van der Waals surface area contributed by atoms with Crippen LogP contribution in [-0.2, 0) is 25.5 Å². The summed E-state index contributed by atoms with van der Waals surface area (Å²) >= 11 is 0. The van der Waals surface area contributed by atoms with E-state index in [1.807, 2.05) is 0 Å². The van der Waals surface area contributed by atoms with Crippen molar-refractivity contribution >= 4 is 28.8 Å². The Morgan fingerprint density at radius 2 is 1.52 bits per heavy atom. The Kier molecular flexibility index (Phi) is 12.5. The Balaban J connectivity index is 0.00000134. The normalized spacial score (nSPS) is 9.42. The molecule has 0 atom stereocenters. The molecule has 2 amide bonds. The topological polar surface area (TPSA) is 186 Å². The molecule has 2 rings (SSSR count). The molecule has 0 aliphatic rings. The van der Waals surface area contributed by atoms with Crippen molar-refractivity contribution in [3.05, 3.63) is 40.8 Å². The molecule has 0 fully saturated rings. The second kappa shape index (κ2) is 14.2. The Morgan fingerprint density at radius 3 is 2.06 bits per heavy atom. The van der Waals surface area contributed by atoms with Crippen molar-refractivity contribution in [2.75, 3.05) is 13.1 Å². The molecule has 2 aromatic rings. The van der Waals surface area contributed by atoms with Gasteiger partial charge in [0.25, 0.3) is 0 Å². The predicted molar refractivity (Wildman–Crippen MR) is 108 cm³/mol. The first kappa shape index (κ1) is 27.2. The molecule has 0 unspecified atom stereocenters. The van der Waals surface area contributed by atoms with Crippen LogP contribution in [0.3, 0.4) is 0 Å². The fourth-order valence-corrected chi connectivity index (χ4v) is 2.05. The van der Waals surface area contributed by atoms with Gasteiger partial charge in [0.15, 0.2) is 11.5 Å². The average molecular weight is 436 g/mol. The summed E-state index contributed by atoms with van der Waals surface area (Å²) in [6.45, 7) is 7.86. The van der Waals surface area contributed by atoms with E-state index >= 15 is 0 Å². The molecule has 0 bridgehead atoms. The van der Waals surface area contributed by atoms with Crippen LogP contribution in [-0.4, -0.2) is 46.2 Å². The number of rotatable bonds is 7. The molecule has 0 aliphatic heterocycles. The van der Waals surface area contributed by atoms with Gasteiger partial charge < -0.3 is 30.4 Å². The minimum absolute atomic E-state index is 0.00944. The van der Waals surface area contributed by atoms with E-state index in [0.29, 0.717) is 0 Å². The summed E-state index contributed by atoms with van der Waals surface area (Å²) in [4.78, 5) is 45.1. The van der Waals surface area contributed by atoms with Crippen LogP contribution in [0, 0.1) is 6.65 Å². The molecule has 31 heavy (non-hydrogen) atoms. The maximum absolute atomic E-state index is 11.9. The fraction of sp³-hybridized carbons (Fsp3) is 0.350. The molecule has 1 heterocycles. The first-order valence-electron chi connectivity index (χ1n) is 9.12. The Hall–Kier alpha value is -3.82. The van der Waals surface area contributed by atoms with Crippen LogP contribution >= 0.6 is 0 Å². The number of amides is 2. The van der Waals surface area contributed by atoms with Crippen molar-refractivity contribution in [1.29, 1.82) is 0 Å². The van der Waals surface area contributed by atoms with Gasteiger partial charge >= 0.3 is 22.9 Å². The number of benzene rings is 1. The molecule has 1 aromatic carbocycles. The third kappa shape index (κ3) is 9.97. The number of phenolic OH excluding ortho intramolecular Hbond substituents is 2. The quantitative estimate of drug-likeness (QED) is 0.183. The molecule has 0 spiro atoms. The second-order valence-electron chi connectivity index (χ2n) is 6.05. The molecule has 0 saturated heterocycles. The SMILES string of the molecule is CCCC.O=C(O)CNC(=O)CNC(=O)Cc1cc(=O)oc2cc(O)c(O)cc12.[C-]#[O+]. The van der Waals surface area contributed by atoms with E-state index in [-0.39, 0.29) is 23.0 Å². The molecule has 11 heteroatoms. The number of nitrogens with one attached hydrogen (secondary N) is 2. The zero-order valence-electron chi connectivity index (χ0n) is 17.1. The van der Waals surface area contributed by atoms with Crippen molar-refractivity contribution in [2.45, 2.75) is 33.1 Å². The number of fused-ring (bicyclic) bond motifs is 1. The fourth-order valence-electron chi connectivity index (χ4n) is 2.05. The molecule has 168 valence electrons. The number of carboxylic acids is 1. The Labute approximate surface area is 177 Å².